The molecule has 1 fully saturated rings. The maximum atomic E-state index is 12.3. The third kappa shape index (κ3) is 5.28. The van der Waals surface area contributed by atoms with Gasteiger partial charge in [0.1, 0.15) is 0 Å². The quantitative estimate of drug-likeness (QED) is 0.637. The minimum atomic E-state index is -2.02. The van der Waals surface area contributed by atoms with Gasteiger partial charge < -0.3 is 20.3 Å². The second kappa shape index (κ2) is 9.64. The molecule has 0 spiro atoms. The van der Waals surface area contributed by atoms with Gasteiger partial charge in [0, 0.05) is 24.2 Å². The van der Waals surface area contributed by atoms with Crippen LogP contribution in [-0.4, -0.2) is 59.8 Å². The summed E-state index contributed by atoms with van der Waals surface area (Å²) in [7, 11) is -2.02. The number of carbonyl (C=O) groups excluding carboxylic acids is 2. The van der Waals surface area contributed by atoms with Gasteiger partial charge in [-0.1, -0.05) is 36.8 Å². The number of likely N-dealkylation sites (tertiary alicyclic amines) is 1. The standard InChI is InChI=1S/C21H25BN2O4/c25-20(22(27)28)19-6-4-5-18(15-19)16-7-9-17(10-8-16)21(26)23-11-14-24-12-2-1-3-13-24/h4-10,15,27-28H,1-3,11-14H2,(H,23,26). The molecular weight excluding hydrogens is 355 g/mol. The molecule has 0 atom stereocenters. The van der Waals surface area contributed by atoms with Gasteiger partial charge in [-0.3, -0.25) is 9.59 Å². The van der Waals surface area contributed by atoms with E-state index in [-0.39, 0.29) is 11.5 Å². The average molecular weight is 380 g/mol. The second-order valence-corrected chi connectivity index (χ2v) is 7.05. The van der Waals surface area contributed by atoms with E-state index in [4.69, 9.17) is 10.0 Å². The molecule has 2 aromatic carbocycles. The SMILES string of the molecule is O=C(NCCN1CCCCC1)c1ccc(-c2cccc(C(=O)B(O)O)c2)cc1. The molecule has 28 heavy (non-hydrogen) atoms. The molecular formula is C21H25BN2O4. The van der Waals surface area contributed by atoms with Crippen LogP contribution in [0, 0.1) is 0 Å². The van der Waals surface area contributed by atoms with Crippen molar-refractivity contribution in [3.63, 3.8) is 0 Å². The third-order valence-electron chi connectivity index (χ3n) is 5.02. The Morgan fingerprint density at radius 2 is 1.64 bits per heavy atom. The Morgan fingerprint density at radius 1 is 0.929 bits per heavy atom. The van der Waals surface area contributed by atoms with Crippen LogP contribution in [0.4, 0.5) is 0 Å². The van der Waals surface area contributed by atoms with Crippen molar-refractivity contribution in [3.05, 3.63) is 59.7 Å². The molecule has 0 bridgehead atoms. The fraction of sp³-hybridized carbons (Fsp3) is 0.333. The van der Waals surface area contributed by atoms with E-state index in [1.54, 1.807) is 24.3 Å². The van der Waals surface area contributed by atoms with Crippen molar-refractivity contribution in [1.29, 1.82) is 0 Å². The molecule has 1 heterocycles. The van der Waals surface area contributed by atoms with E-state index in [9.17, 15) is 9.59 Å². The van der Waals surface area contributed by atoms with E-state index in [1.807, 2.05) is 18.2 Å². The highest BCUT2D eigenvalue weighted by atomic mass is 16.4. The zero-order valence-corrected chi connectivity index (χ0v) is 15.8. The summed E-state index contributed by atoms with van der Waals surface area (Å²) in [5.41, 5.74) is 1.68. The van der Waals surface area contributed by atoms with E-state index < -0.39 is 12.8 Å². The number of piperidine rings is 1. The fourth-order valence-corrected chi connectivity index (χ4v) is 3.43. The highest BCUT2D eigenvalue weighted by Gasteiger charge is 2.21. The fourth-order valence-electron chi connectivity index (χ4n) is 3.43. The molecule has 1 saturated heterocycles. The molecule has 1 aliphatic heterocycles. The number of hydrogen-bond donors (Lipinski definition) is 3. The Bertz CT molecular complexity index is 817. The molecule has 1 amide bonds. The van der Waals surface area contributed by atoms with Crippen LogP contribution in [0.15, 0.2) is 48.5 Å². The molecule has 146 valence electrons. The van der Waals surface area contributed by atoms with Crippen LogP contribution in [0.2, 0.25) is 0 Å². The number of nitrogens with one attached hydrogen (secondary N) is 1. The zero-order valence-electron chi connectivity index (χ0n) is 15.8. The summed E-state index contributed by atoms with van der Waals surface area (Å²) in [5.74, 6) is -0.101. The summed E-state index contributed by atoms with van der Waals surface area (Å²) in [4.78, 5) is 26.4. The van der Waals surface area contributed by atoms with Crippen LogP contribution in [0.5, 0.6) is 0 Å². The molecule has 1 aliphatic rings. The van der Waals surface area contributed by atoms with Crippen molar-refractivity contribution in [1.82, 2.24) is 10.2 Å². The van der Waals surface area contributed by atoms with Crippen LogP contribution in [-0.2, 0) is 0 Å². The number of nitrogens with zero attached hydrogens (tertiary/aromatic N) is 1. The highest BCUT2D eigenvalue weighted by Crippen LogP contribution is 2.21. The van der Waals surface area contributed by atoms with Gasteiger partial charge in [0.2, 0.25) is 0 Å². The number of benzene rings is 2. The Balaban J connectivity index is 1.59. The molecule has 0 radical (unpaired) electrons. The normalized spacial score (nSPS) is 14.5. The van der Waals surface area contributed by atoms with Crippen molar-refractivity contribution < 1.29 is 19.6 Å². The molecule has 3 rings (SSSR count). The van der Waals surface area contributed by atoms with E-state index in [0.717, 1.165) is 30.8 Å². The van der Waals surface area contributed by atoms with Gasteiger partial charge >= 0.3 is 7.12 Å². The summed E-state index contributed by atoms with van der Waals surface area (Å²) >= 11 is 0. The van der Waals surface area contributed by atoms with Crippen LogP contribution in [0.1, 0.15) is 40.0 Å². The molecule has 0 aromatic heterocycles. The summed E-state index contributed by atoms with van der Waals surface area (Å²) < 4.78 is 0. The number of rotatable bonds is 7. The predicted octanol–water partition coefficient (Wildman–Crippen LogP) is 1.76. The van der Waals surface area contributed by atoms with Crippen LogP contribution < -0.4 is 5.32 Å². The third-order valence-corrected chi connectivity index (χ3v) is 5.02. The molecule has 0 saturated carbocycles. The minimum Gasteiger partial charge on any atom is -0.421 e. The van der Waals surface area contributed by atoms with Crippen molar-refractivity contribution >= 4 is 18.7 Å². The van der Waals surface area contributed by atoms with Crippen LogP contribution in [0.25, 0.3) is 11.1 Å². The lowest BCUT2D eigenvalue weighted by atomic mass is 9.79. The van der Waals surface area contributed by atoms with Crippen LogP contribution >= 0.6 is 0 Å². The smallest absolute Gasteiger partial charge is 0.421 e. The Kier molecular flexibility index (Phi) is 6.98. The molecule has 2 aromatic rings. The first kappa shape index (κ1) is 20.3. The monoisotopic (exact) mass is 380 g/mol. The van der Waals surface area contributed by atoms with E-state index in [2.05, 4.69) is 10.2 Å². The maximum absolute atomic E-state index is 12.3. The van der Waals surface area contributed by atoms with Crippen molar-refractivity contribution in [2.45, 2.75) is 19.3 Å². The molecule has 0 unspecified atom stereocenters. The van der Waals surface area contributed by atoms with Crippen molar-refractivity contribution in [2.75, 3.05) is 26.2 Å². The topological polar surface area (TPSA) is 89.9 Å². The largest absolute Gasteiger partial charge is 0.532 e. The summed E-state index contributed by atoms with van der Waals surface area (Å²) in [6, 6.07) is 13.8. The van der Waals surface area contributed by atoms with Gasteiger partial charge in [-0.25, -0.2) is 0 Å². The molecule has 6 nitrogen and oxygen atoms in total. The van der Waals surface area contributed by atoms with E-state index >= 15 is 0 Å². The van der Waals surface area contributed by atoms with Crippen LogP contribution in [0.3, 0.4) is 0 Å². The van der Waals surface area contributed by atoms with Crippen molar-refractivity contribution in [2.24, 2.45) is 0 Å². The van der Waals surface area contributed by atoms with Crippen molar-refractivity contribution in [3.8, 4) is 11.1 Å². The Hall–Kier alpha value is -2.48. The van der Waals surface area contributed by atoms with Gasteiger partial charge in [0.15, 0.2) is 5.68 Å². The Labute approximate surface area is 165 Å². The van der Waals surface area contributed by atoms with Gasteiger partial charge in [-0.05, 0) is 55.3 Å². The van der Waals surface area contributed by atoms with E-state index in [0.29, 0.717) is 12.1 Å². The van der Waals surface area contributed by atoms with Gasteiger partial charge in [-0.2, -0.15) is 0 Å². The average Bonchev–Trinajstić information content (AvgIpc) is 2.74. The minimum absolute atomic E-state index is 0.101. The number of hydrogen-bond acceptors (Lipinski definition) is 5. The molecule has 3 N–H and O–H groups in total. The summed E-state index contributed by atoms with van der Waals surface area (Å²) in [6.45, 7) is 3.73. The van der Waals surface area contributed by atoms with Gasteiger partial charge in [0.25, 0.3) is 5.91 Å². The number of carbonyl (C=O) groups is 2. The zero-order chi connectivity index (χ0) is 19.9. The lowest BCUT2D eigenvalue weighted by Gasteiger charge is -2.26. The van der Waals surface area contributed by atoms with Gasteiger partial charge in [-0.15, -0.1) is 0 Å². The number of amides is 1. The first-order valence-corrected chi connectivity index (χ1v) is 9.66. The lowest BCUT2D eigenvalue weighted by molar-refractivity contribution is 0.0946. The maximum Gasteiger partial charge on any atom is 0.532 e. The molecule has 7 heteroatoms. The van der Waals surface area contributed by atoms with Gasteiger partial charge in [0.05, 0.1) is 0 Å². The first-order valence-electron chi connectivity index (χ1n) is 9.66. The molecule has 0 aliphatic carbocycles. The van der Waals surface area contributed by atoms with E-state index in [1.165, 1.54) is 25.3 Å². The summed E-state index contributed by atoms with van der Waals surface area (Å²) in [5, 5.41) is 21.1. The first-order chi connectivity index (χ1) is 13.5. The predicted molar refractivity (Wildman–Crippen MR) is 109 cm³/mol. The lowest BCUT2D eigenvalue weighted by Crippen LogP contribution is -2.37. The summed E-state index contributed by atoms with van der Waals surface area (Å²) in [6.07, 6.45) is 3.77. The second-order valence-electron chi connectivity index (χ2n) is 7.05. The highest BCUT2D eigenvalue weighted by molar-refractivity contribution is 6.81. The Morgan fingerprint density at radius 3 is 2.32 bits per heavy atom.